The molecule has 15 heavy (non-hydrogen) atoms. The number of rotatable bonds is 5. The standard InChI is InChI=1S/C10H12FNO3/c11-6-15-8-3-1-7(2-4-8)5-9(12)10(13)14/h1-4,9H,5-6,12H2,(H,13,14)/t9-/m0/s1/i11-1. The lowest BCUT2D eigenvalue weighted by molar-refractivity contribution is -0.138. The van der Waals surface area contributed by atoms with E-state index in [1.54, 1.807) is 24.3 Å². The molecule has 4 nitrogen and oxygen atoms in total. The van der Waals surface area contributed by atoms with Crippen molar-refractivity contribution in [1.29, 1.82) is 0 Å². The Labute approximate surface area is 86.5 Å². The molecule has 0 unspecified atom stereocenters. The number of carboxylic acids is 1. The first kappa shape index (κ1) is 11.5. The number of carbonyl (C=O) groups is 1. The molecule has 0 saturated heterocycles. The lowest BCUT2D eigenvalue weighted by Crippen LogP contribution is -2.32. The molecule has 0 spiro atoms. The number of ether oxygens (including phenoxy) is 1. The Hall–Kier alpha value is -1.62. The van der Waals surface area contributed by atoms with Gasteiger partial charge < -0.3 is 15.6 Å². The van der Waals surface area contributed by atoms with Crippen molar-refractivity contribution in [1.82, 2.24) is 0 Å². The lowest BCUT2D eigenvalue weighted by atomic mass is 10.1. The maximum Gasteiger partial charge on any atom is 0.320 e. The van der Waals surface area contributed by atoms with Crippen LogP contribution in [0.1, 0.15) is 5.56 Å². The summed E-state index contributed by atoms with van der Waals surface area (Å²) < 4.78 is 16.4. The summed E-state index contributed by atoms with van der Waals surface area (Å²) >= 11 is 0. The summed E-state index contributed by atoms with van der Waals surface area (Å²) in [7, 11) is 0. The predicted molar refractivity (Wildman–Crippen MR) is 52.4 cm³/mol. The molecule has 0 fully saturated rings. The first-order valence-electron chi connectivity index (χ1n) is 4.39. The molecular weight excluding hydrogens is 200 g/mol. The van der Waals surface area contributed by atoms with Crippen LogP contribution < -0.4 is 10.5 Å². The molecule has 0 amide bonds. The largest absolute Gasteiger partial charge is 0.480 e. The van der Waals surface area contributed by atoms with Gasteiger partial charge in [-0.15, -0.1) is 0 Å². The summed E-state index contributed by atoms with van der Waals surface area (Å²) in [5.74, 6) is -0.635. The van der Waals surface area contributed by atoms with E-state index in [0.717, 1.165) is 5.56 Å². The highest BCUT2D eigenvalue weighted by Crippen LogP contribution is 2.13. The summed E-state index contributed by atoms with van der Waals surface area (Å²) in [6, 6.07) is 5.55. The Morgan fingerprint density at radius 3 is 2.53 bits per heavy atom. The van der Waals surface area contributed by atoms with E-state index in [1.807, 2.05) is 0 Å². The maximum absolute atomic E-state index is 11.8. The van der Waals surface area contributed by atoms with Crippen molar-refractivity contribution in [3.8, 4) is 5.75 Å². The van der Waals surface area contributed by atoms with Crippen LogP contribution in [-0.2, 0) is 11.2 Å². The van der Waals surface area contributed by atoms with Crippen LogP contribution in [0.4, 0.5) is 4.39 Å². The Morgan fingerprint density at radius 1 is 1.47 bits per heavy atom. The molecule has 0 bridgehead atoms. The fraction of sp³-hybridized carbons (Fsp3) is 0.300. The third-order valence-corrected chi connectivity index (χ3v) is 1.92. The van der Waals surface area contributed by atoms with Gasteiger partial charge in [0, 0.05) is 0 Å². The summed E-state index contributed by atoms with van der Waals surface area (Å²) in [4.78, 5) is 10.5. The van der Waals surface area contributed by atoms with Crippen LogP contribution in [0.2, 0.25) is 0 Å². The van der Waals surface area contributed by atoms with Crippen molar-refractivity contribution in [3.63, 3.8) is 0 Å². The van der Waals surface area contributed by atoms with Crippen LogP contribution in [0.5, 0.6) is 5.75 Å². The van der Waals surface area contributed by atoms with Crippen LogP contribution >= 0.6 is 0 Å². The quantitative estimate of drug-likeness (QED) is 0.762. The second-order valence-corrected chi connectivity index (χ2v) is 3.05. The van der Waals surface area contributed by atoms with E-state index in [-0.39, 0.29) is 6.42 Å². The molecule has 0 aliphatic carbocycles. The molecule has 1 rings (SSSR count). The van der Waals surface area contributed by atoms with Gasteiger partial charge in [0.15, 0.2) is 0 Å². The van der Waals surface area contributed by atoms with Crippen LogP contribution in [0.25, 0.3) is 0 Å². The summed E-state index contributed by atoms with van der Waals surface area (Å²) in [5, 5.41) is 8.58. The Balaban J connectivity index is 2.60. The molecule has 0 aromatic heterocycles. The maximum atomic E-state index is 11.8. The number of nitrogens with two attached hydrogens (primary N) is 1. The molecule has 0 radical (unpaired) electrons. The first-order chi connectivity index (χ1) is 7.13. The highest BCUT2D eigenvalue weighted by Gasteiger charge is 2.11. The average molecular weight is 212 g/mol. The van der Waals surface area contributed by atoms with Crippen LogP contribution in [-0.4, -0.2) is 24.0 Å². The van der Waals surface area contributed by atoms with Gasteiger partial charge in [0.2, 0.25) is 6.86 Å². The smallest absolute Gasteiger partial charge is 0.320 e. The fourth-order valence-corrected chi connectivity index (χ4v) is 1.13. The zero-order chi connectivity index (χ0) is 11.3. The summed E-state index contributed by atoms with van der Waals surface area (Å²) in [6.45, 7) is -0.881. The normalized spacial score (nSPS) is 12.1. The van der Waals surface area contributed by atoms with Crippen LogP contribution in [0.3, 0.4) is 0 Å². The van der Waals surface area contributed by atoms with Crippen molar-refractivity contribution in [2.24, 2.45) is 5.73 Å². The van der Waals surface area contributed by atoms with Crippen molar-refractivity contribution >= 4 is 5.97 Å². The summed E-state index contributed by atoms with van der Waals surface area (Å²) in [5.41, 5.74) is 6.13. The Bertz CT molecular complexity index is 326. The fourth-order valence-electron chi connectivity index (χ4n) is 1.13. The molecule has 1 aromatic rings. The monoisotopic (exact) mass is 212 g/mol. The second kappa shape index (κ2) is 5.31. The van der Waals surface area contributed by atoms with E-state index in [2.05, 4.69) is 4.74 Å². The summed E-state index contributed by atoms with van der Waals surface area (Å²) in [6.07, 6.45) is 0.241. The van der Waals surface area contributed by atoms with Gasteiger partial charge in [-0.2, -0.15) is 0 Å². The zero-order valence-corrected chi connectivity index (χ0v) is 8.02. The van der Waals surface area contributed by atoms with Gasteiger partial charge in [0.05, 0.1) is 0 Å². The molecule has 1 atom stereocenters. The van der Waals surface area contributed by atoms with Crippen molar-refractivity contribution in [2.45, 2.75) is 12.5 Å². The van der Waals surface area contributed by atoms with Crippen LogP contribution in [0.15, 0.2) is 24.3 Å². The Morgan fingerprint density at radius 2 is 2.07 bits per heavy atom. The van der Waals surface area contributed by atoms with E-state index in [1.165, 1.54) is 0 Å². The Kier molecular flexibility index (Phi) is 4.05. The molecular formula is C10H12FNO3. The lowest BCUT2D eigenvalue weighted by Gasteiger charge is -2.07. The highest BCUT2D eigenvalue weighted by atomic mass is 18.2. The number of aliphatic carboxylic acids is 1. The highest BCUT2D eigenvalue weighted by molar-refractivity contribution is 5.73. The molecule has 0 saturated carbocycles. The second-order valence-electron chi connectivity index (χ2n) is 3.05. The van der Waals surface area contributed by atoms with E-state index in [4.69, 9.17) is 10.8 Å². The van der Waals surface area contributed by atoms with Gasteiger partial charge in [0.25, 0.3) is 0 Å². The van der Waals surface area contributed by atoms with E-state index in [9.17, 15) is 9.18 Å². The number of hydrogen-bond donors (Lipinski definition) is 2. The number of benzene rings is 1. The molecule has 3 N–H and O–H groups in total. The SMILES string of the molecule is N[C@@H](Cc1ccc(OC[18F])cc1)C(=O)O. The predicted octanol–water partition coefficient (Wildman–Crippen LogP) is 0.947. The molecule has 0 heterocycles. The van der Waals surface area contributed by atoms with Gasteiger partial charge in [0.1, 0.15) is 11.8 Å². The minimum Gasteiger partial charge on any atom is -0.480 e. The van der Waals surface area contributed by atoms with E-state index < -0.39 is 18.9 Å². The van der Waals surface area contributed by atoms with E-state index >= 15 is 0 Å². The molecule has 1 aromatic carbocycles. The van der Waals surface area contributed by atoms with Crippen LogP contribution in [0, 0.1) is 0 Å². The number of halogens is 1. The number of alkyl halides is 1. The first-order valence-corrected chi connectivity index (χ1v) is 4.39. The van der Waals surface area contributed by atoms with Crippen molar-refractivity contribution in [3.05, 3.63) is 29.8 Å². The number of hydrogen-bond acceptors (Lipinski definition) is 3. The minimum absolute atomic E-state index is 0.241. The van der Waals surface area contributed by atoms with Crippen molar-refractivity contribution < 1.29 is 19.0 Å². The van der Waals surface area contributed by atoms with E-state index in [0.29, 0.717) is 5.75 Å². The van der Waals surface area contributed by atoms with Gasteiger partial charge in [-0.1, -0.05) is 12.1 Å². The minimum atomic E-state index is -1.04. The van der Waals surface area contributed by atoms with Crippen molar-refractivity contribution in [2.75, 3.05) is 6.86 Å². The average Bonchev–Trinajstić information content (AvgIpc) is 2.21. The zero-order valence-electron chi connectivity index (χ0n) is 8.02. The van der Waals surface area contributed by atoms with Gasteiger partial charge in [-0.25, -0.2) is 4.39 Å². The molecule has 82 valence electrons. The third-order valence-electron chi connectivity index (χ3n) is 1.92. The molecule has 5 heteroatoms. The third kappa shape index (κ3) is 3.55. The van der Waals surface area contributed by atoms with Gasteiger partial charge >= 0.3 is 5.97 Å². The van der Waals surface area contributed by atoms with Gasteiger partial charge in [-0.05, 0) is 24.1 Å². The van der Waals surface area contributed by atoms with Gasteiger partial charge in [-0.3, -0.25) is 4.79 Å². The molecule has 0 aliphatic heterocycles. The molecule has 0 aliphatic rings. The topological polar surface area (TPSA) is 72.5 Å². The number of carboxylic acid groups (broad SMARTS) is 1.